The number of thioether (sulfide) groups is 1. The Bertz CT molecular complexity index is 953. The van der Waals surface area contributed by atoms with Gasteiger partial charge in [-0.05, 0) is 30.7 Å². The zero-order valence-electron chi connectivity index (χ0n) is 14.2. The van der Waals surface area contributed by atoms with Gasteiger partial charge in [0.05, 0.1) is 24.2 Å². The van der Waals surface area contributed by atoms with Gasteiger partial charge in [-0.25, -0.2) is 4.98 Å². The summed E-state index contributed by atoms with van der Waals surface area (Å²) in [6, 6.07) is 15.8. The van der Waals surface area contributed by atoms with Crippen LogP contribution >= 0.6 is 23.4 Å². The summed E-state index contributed by atoms with van der Waals surface area (Å²) in [6.45, 7) is 2.55. The second-order valence-corrected chi connectivity index (χ2v) is 7.72. The van der Waals surface area contributed by atoms with E-state index in [-0.39, 0.29) is 11.2 Å². The molecule has 0 saturated carbocycles. The quantitative estimate of drug-likeness (QED) is 0.599. The smallest absolute Gasteiger partial charge is 0.319 e. The zero-order valence-corrected chi connectivity index (χ0v) is 15.8. The van der Waals surface area contributed by atoms with Gasteiger partial charge in [-0.1, -0.05) is 53.7 Å². The van der Waals surface area contributed by atoms with Crippen LogP contribution in [0.25, 0.3) is 16.9 Å². The maximum Gasteiger partial charge on any atom is 0.319 e. The Hall–Kier alpha value is -2.24. The van der Waals surface area contributed by atoms with Crippen LogP contribution in [0.15, 0.2) is 59.9 Å². The zero-order chi connectivity index (χ0) is 18.1. The van der Waals surface area contributed by atoms with Gasteiger partial charge in [0, 0.05) is 17.0 Å². The minimum atomic E-state index is -0.210. The number of ether oxygens (including phenoxy) is 1. The van der Waals surface area contributed by atoms with Crippen LogP contribution in [0, 0.1) is 6.92 Å². The van der Waals surface area contributed by atoms with E-state index >= 15 is 0 Å². The van der Waals surface area contributed by atoms with Crippen LogP contribution in [0.1, 0.15) is 12.0 Å². The molecule has 1 saturated heterocycles. The van der Waals surface area contributed by atoms with Crippen LogP contribution in [-0.4, -0.2) is 27.4 Å². The first-order valence-corrected chi connectivity index (χ1v) is 9.62. The fraction of sp³-hybridized carbons (Fsp3) is 0.200. The topological polar surface area (TPSA) is 44.1 Å². The van der Waals surface area contributed by atoms with E-state index in [0.717, 1.165) is 27.7 Å². The molecular weight excluding hydrogens is 368 g/mol. The number of aromatic nitrogens is 2. The van der Waals surface area contributed by atoms with Gasteiger partial charge in [-0.2, -0.15) is 0 Å². The average Bonchev–Trinajstić information content (AvgIpc) is 3.23. The van der Waals surface area contributed by atoms with E-state index in [1.807, 2.05) is 42.6 Å². The molecule has 4 rings (SSSR count). The second kappa shape index (κ2) is 7.17. The molecule has 0 N–H and O–H groups in total. The molecule has 1 aliphatic rings. The molecule has 26 heavy (non-hydrogen) atoms. The minimum Gasteiger partial charge on any atom is -0.465 e. The highest BCUT2D eigenvalue weighted by molar-refractivity contribution is 8.00. The summed E-state index contributed by atoms with van der Waals surface area (Å²) in [7, 11) is 0. The van der Waals surface area contributed by atoms with Crippen molar-refractivity contribution < 1.29 is 9.53 Å². The number of carbonyl (C=O) groups is 1. The maximum atomic E-state index is 11.9. The molecule has 0 amide bonds. The van der Waals surface area contributed by atoms with Crippen LogP contribution in [0.3, 0.4) is 0 Å². The van der Waals surface area contributed by atoms with Gasteiger partial charge >= 0.3 is 5.97 Å². The van der Waals surface area contributed by atoms with Crippen molar-refractivity contribution in [2.75, 3.05) is 6.61 Å². The van der Waals surface area contributed by atoms with Crippen LogP contribution in [-0.2, 0) is 9.53 Å². The number of hydrogen-bond donors (Lipinski definition) is 0. The molecule has 4 nitrogen and oxygen atoms in total. The third-order valence-electron chi connectivity index (χ3n) is 4.36. The molecule has 1 atom stereocenters. The highest BCUT2D eigenvalue weighted by Gasteiger charge is 2.30. The number of esters is 1. The molecule has 0 radical (unpaired) electrons. The third kappa shape index (κ3) is 3.24. The summed E-state index contributed by atoms with van der Waals surface area (Å²) < 4.78 is 7.21. The molecular formula is C20H17ClN2O2S. The molecule has 2 heterocycles. The number of rotatable bonds is 4. The molecule has 0 aliphatic carbocycles. The Labute approximate surface area is 161 Å². The van der Waals surface area contributed by atoms with Crippen LogP contribution in [0.2, 0.25) is 5.02 Å². The Balaban J connectivity index is 1.83. The number of imidazole rings is 1. The first kappa shape index (κ1) is 17.2. The number of benzene rings is 2. The summed E-state index contributed by atoms with van der Waals surface area (Å²) in [5.74, 6) is -0.164. The van der Waals surface area contributed by atoms with Gasteiger partial charge in [0.25, 0.3) is 0 Å². The summed E-state index contributed by atoms with van der Waals surface area (Å²) in [5.41, 5.74) is 4.16. The normalized spacial score (nSPS) is 16.7. The van der Waals surface area contributed by atoms with Gasteiger partial charge in [-0.15, -0.1) is 0 Å². The lowest BCUT2D eigenvalue weighted by Crippen LogP contribution is -2.11. The SMILES string of the molecule is Cc1ccccc1-n1c(-c2ccc(Cl)cc2)cnc1S[C@H]1CCOC1=O. The van der Waals surface area contributed by atoms with Crippen LogP contribution < -0.4 is 0 Å². The molecule has 1 aliphatic heterocycles. The average molecular weight is 385 g/mol. The number of aryl methyl sites for hydroxylation is 1. The Kier molecular flexibility index (Phi) is 4.74. The lowest BCUT2D eigenvalue weighted by Gasteiger charge is -2.15. The predicted molar refractivity (Wildman–Crippen MR) is 104 cm³/mol. The molecule has 132 valence electrons. The van der Waals surface area contributed by atoms with E-state index < -0.39 is 0 Å². The van der Waals surface area contributed by atoms with Gasteiger partial charge in [0.1, 0.15) is 5.25 Å². The molecule has 0 spiro atoms. The highest BCUT2D eigenvalue weighted by atomic mass is 35.5. The molecule has 6 heteroatoms. The number of hydrogen-bond acceptors (Lipinski definition) is 4. The lowest BCUT2D eigenvalue weighted by atomic mass is 10.1. The number of cyclic esters (lactones) is 1. The number of halogens is 1. The molecule has 0 bridgehead atoms. The van der Waals surface area contributed by atoms with Crippen molar-refractivity contribution in [1.29, 1.82) is 0 Å². The predicted octanol–water partition coefficient (Wildman–Crippen LogP) is 4.91. The van der Waals surface area contributed by atoms with E-state index in [0.29, 0.717) is 18.1 Å². The number of para-hydroxylation sites is 1. The van der Waals surface area contributed by atoms with E-state index in [2.05, 4.69) is 28.6 Å². The van der Waals surface area contributed by atoms with E-state index in [4.69, 9.17) is 16.3 Å². The Morgan fingerprint density at radius 1 is 1.19 bits per heavy atom. The van der Waals surface area contributed by atoms with Crippen LogP contribution in [0.4, 0.5) is 0 Å². The Morgan fingerprint density at radius 3 is 2.65 bits per heavy atom. The molecule has 2 aromatic carbocycles. The maximum absolute atomic E-state index is 11.9. The largest absolute Gasteiger partial charge is 0.465 e. The molecule has 1 fully saturated rings. The monoisotopic (exact) mass is 384 g/mol. The lowest BCUT2D eigenvalue weighted by molar-refractivity contribution is -0.137. The summed E-state index contributed by atoms with van der Waals surface area (Å²) >= 11 is 7.50. The summed E-state index contributed by atoms with van der Waals surface area (Å²) in [6.07, 6.45) is 2.55. The molecule has 1 aromatic heterocycles. The van der Waals surface area contributed by atoms with Crippen molar-refractivity contribution in [2.24, 2.45) is 0 Å². The molecule has 3 aromatic rings. The Morgan fingerprint density at radius 2 is 1.96 bits per heavy atom. The van der Waals surface area contributed by atoms with Crippen molar-refractivity contribution in [3.63, 3.8) is 0 Å². The van der Waals surface area contributed by atoms with E-state index in [1.54, 1.807) is 0 Å². The van der Waals surface area contributed by atoms with Crippen molar-refractivity contribution in [2.45, 2.75) is 23.8 Å². The number of carbonyl (C=O) groups excluding carboxylic acids is 1. The number of nitrogens with zero attached hydrogens (tertiary/aromatic N) is 2. The van der Waals surface area contributed by atoms with Gasteiger partial charge in [0.15, 0.2) is 5.16 Å². The molecule has 0 unspecified atom stereocenters. The standard InChI is InChI=1S/C20H17ClN2O2S/c1-13-4-2-3-5-16(13)23-17(14-6-8-15(21)9-7-14)12-22-20(23)26-18-10-11-25-19(18)24/h2-9,12,18H,10-11H2,1H3/t18-/m0/s1. The minimum absolute atomic E-state index is 0.164. The van der Waals surface area contributed by atoms with Crippen molar-refractivity contribution in [3.8, 4) is 16.9 Å². The van der Waals surface area contributed by atoms with E-state index in [1.165, 1.54) is 11.8 Å². The second-order valence-electron chi connectivity index (χ2n) is 6.12. The van der Waals surface area contributed by atoms with Gasteiger partial charge in [-0.3, -0.25) is 9.36 Å². The van der Waals surface area contributed by atoms with Crippen molar-refractivity contribution >= 4 is 29.3 Å². The van der Waals surface area contributed by atoms with Gasteiger partial charge < -0.3 is 4.74 Å². The fourth-order valence-electron chi connectivity index (χ4n) is 3.00. The van der Waals surface area contributed by atoms with Crippen molar-refractivity contribution in [3.05, 3.63) is 65.3 Å². The first-order valence-electron chi connectivity index (χ1n) is 8.36. The third-order valence-corrected chi connectivity index (χ3v) is 5.82. The highest BCUT2D eigenvalue weighted by Crippen LogP contribution is 2.35. The van der Waals surface area contributed by atoms with E-state index in [9.17, 15) is 4.79 Å². The fourth-order valence-corrected chi connectivity index (χ4v) is 4.18. The van der Waals surface area contributed by atoms with Crippen molar-refractivity contribution in [1.82, 2.24) is 9.55 Å². The van der Waals surface area contributed by atoms with Gasteiger partial charge in [0.2, 0.25) is 0 Å². The summed E-state index contributed by atoms with van der Waals surface area (Å²) in [5, 5.41) is 1.27. The first-order chi connectivity index (χ1) is 12.6. The van der Waals surface area contributed by atoms with Crippen LogP contribution in [0.5, 0.6) is 0 Å². The summed E-state index contributed by atoms with van der Waals surface area (Å²) in [4.78, 5) is 16.5.